The van der Waals surface area contributed by atoms with E-state index in [9.17, 15) is 4.79 Å². The van der Waals surface area contributed by atoms with Gasteiger partial charge in [-0.15, -0.1) is 0 Å². The van der Waals surface area contributed by atoms with E-state index in [1.807, 2.05) is 43.3 Å². The summed E-state index contributed by atoms with van der Waals surface area (Å²) < 4.78 is 1.43. The van der Waals surface area contributed by atoms with Crippen LogP contribution in [0.15, 0.2) is 24.3 Å². The number of nitrogens with zero attached hydrogens (tertiary/aromatic N) is 3. The lowest BCUT2D eigenvalue weighted by Gasteiger charge is -2.12. The summed E-state index contributed by atoms with van der Waals surface area (Å²) in [5, 5.41) is 13.4. The van der Waals surface area contributed by atoms with Gasteiger partial charge in [-0.05, 0) is 31.2 Å². The van der Waals surface area contributed by atoms with Crippen molar-refractivity contribution in [3.05, 3.63) is 40.7 Å². The van der Waals surface area contributed by atoms with E-state index in [1.165, 1.54) is 4.68 Å². The molecule has 0 atom stereocenters. The van der Waals surface area contributed by atoms with Gasteiger partial charge in [-0.25, -0.2) is 9.48 Å². The van der Waals surface area contributed by atoms with Gasteiger partial charge < -0.3 is 10.0 Å². The molecule has 0 saturated heterocycles. The van der Waals surface area contributed by atoms with E-state index in [4.69, 9.17) is 16.7 Å². The van der Waals surface area contributed by atoms with Crippen LogP contribution in [0.4, 0.5) is 5.69 Å². The normalized spacial score (nSPS) is 10.5. The van der Waals surface area contributed by atoms with Gasteiger partial charge in [0, 0.05) is 19.8 Å². The fourth-order valence-electron chi connectivity index (χ4n) is 1.81. The molecule has 0 aliphatic rings. The molecule has 0 fully saturated rings. The average molecular weight is 280 g/mol. The number of aryl methyl sites for hydroxylation is 1. The van der Waals surface area contributed by atoms with E-state index in [2.05, 4.69) is 5.10 Å². The summed E-state index contributed by atoms with van der Waals surface area (Å²) in [5.41, 5.74) is 2.21. The van der Waals surface area contributed by atoms with E-state index in [-0.39, 0.29) is 10.7 Å². The molecule has 0 aliphatic carbocycles. The van der Waals surface area contributed by atoms with Gasteiger partial charge in [0.1, 0.15) is 10.7 Å². The van der Waals surface area contributed by atoms with Gasteiger partial charge in [0.05, 0.1) is 11.4 Å². The molecule has 6 heteroatoms. The van der Waals surface area contributed by atoms with Crippen molar-refractivity contribution in [2.45, 2.75) is 6.92 Å². The molecule has 0 radical (unpaired) electrons. The number of hydrogen-bond acceptors (Lipinski definition) is 3. The highest BCUT2D eigenvalue weighted by atomic mass is 35.5. The summed E-state index contributed by atoms with van der Waals surface area (Å²) in [5.74, 6) is -1.07. The van der Waals surface area contributed by atoms with Gasteiger partial charge in [0.2, 0.25) is 0 Å². The zero-order valence-corrected chi connectivity index (χ0v) is 11.6. The molecule has 5 nitrogen and oxygen atoms in total. The van der Waals surface area contributed by atoms with Gasteiger partial charge in [0.25, 0.3) is 0 Å². The number of hydrogen-bond donors (Lipinski definition) is 1. The van der Waals surface area contributed by atoms with E-state index < -0.39 is 5.97 Å². The lowest BCUT2D eigenvalue weighted by Crippen LogP contribution is -2.08. The van der Waals surface area contributed by atoms with Crippen LogP contribution >= 0.6 is 11.6 Å². The van der Waals surface area contributed by atoms with Gasteiger partial charge in [-0.1, -0.05) is 11.6 Å². The van der Waals surface area contributed by atoms with Gasteiger partial charge in [-0.2, -0.15) is 5.10 Å². The summed E-state index contributed by atoms with van der Waals surface area (Å²) in [4.78, 5) is 13.1. The van der Waals surface area contributed by atoms with Crippen LogP contribution in [0, 0.1) is 6.92 Å². The first-order chi connectivity index (χ1) is 8.91. The zero-order valence-electron chi connectivity index (χ0n) is 10.9. The SMILES string of the molecule is Cc1nn(-c2ccc(N(C)C)cc2)c(Cl)c1C(=O)O. The smallest absolute Gasteiger partial charge is 0.340 e. The molecule has 0 unspecified atom stereocenters. The Balaban J connectivity index is 2.48. The Morgan fingerprint density at radius 3 is 2.32 bits per heavy atom. The van der Waals surface area contributed by atoms with E-state index in [0.717, 1.165) is 11.4 Å². The molecule has 1 heterocycles. The van der Waals surface area contributed by atoms with E-state index >= 15 is 0 Å². The predicted molar refractivity (Wildman–Crippen MR) is 74.6 cm³/mol. The third kappa shape index (κ3) is 2.42. The molecular weight excluding hydrogens is 266 g/mol. The molecule has 1 aromatic carbocycles. The molecule has 19 heavy (non-hydrogen) atoms. The quantitative estimate of drug-likeness (QED) is 0.938. The van der Waals surface area contributed by atoms with E-state index in [0.29, 0.717) is 5.69 Å². The van der Waals surface area contributed by atoms with Crippen LogP contribution in [0.1, 0.15) is 16.1 Å². The summed E-state index contributed by atoms with van der Waals surface area (Å²) in [6, 6.07) is 7.53. The lowest BCUT2D eigenvalue weighted by atomic mass is 10.2. The molecular formula is C13H14ClN3O2. The largest absolute Gasteiger partial charge is 0.478 e. The first-order valence-corrected chi connectivity index (χ1v) is 6.05. The minimum absolute atomic E-state index is 0.0401. The lowest BCUT2D eigenvalue weighted by molar-refractivity contribution is 0.0696. The van der Waals surface area contributed by atoms with Crippen molar-refractivity contribution in [3.63, 3.8) is 0 Å². The van der Waals surface area contributed by atoms with Crippen LogP contribution in [0.5, 0.6) is 0 Å². The molecule has 0 aliphatic heterocycles. The molecule has 0 amide bonds. The third-order valence-corrected chi connectivity index (χ3v) is 3.18. The Morgan fingerprint density at radius 2 is 1.89 bits per heavy atom. The molecule has 0 bridgehead atoms. The maximum absolute atomic E-state index is 11.1. The van der Waals surface area contributed by atoms with Crippen molar-refractivity contribution >= 4 is 23.3 Å². The first-order valence-electron chi connectivity index (χ1n) is 5.68. The minimum atomic E-state index is -1.07. The summed E-state index contributed by atoms with van der Waals surface area (Å²) in [7, 11) is 3.89. The van der Waals surface area contributed by atoms with Crippen LogP contribution in [0.3, 0.4) is 0 Å². The number of carbonyl (C=O) groups is 1. The van der Waals surface area contributed by atoms with Gasteiger partial charge in [-0.3, -0.25) is 0 Å². The Labute approximate surface area is 116 Å². The second-order valence-electron chi connectivity index (χ2n) is 4.38. The van der Waals surface area contributed by atoms with E-state index in [1.54, 1.807) is 6.92 Å². The Bertz CT molecular complexity index is 618. The summed E-state index contributed by atoms with van der Waals surface area (Å²) in [6.07, 6.45) is 0. The zero-order chi connectivity index (χ0) is 14.2. The van der Waals surface area contributed by atoms with Crippen LogP contribution in [-0.2, 0) is 0 Å². The molecule has 100 valence electrons. The van der Waals surface area contributed by atoms with Gasteiger partial charge in [0.15, 0.2) is 0 Å². The van der Waals surface area contributed by atoms with Crippen LogP contribution in [0.25, 0.3) is 5.69 Å². The Morgan fingerprint density at radius 1 is 1.32 bits per heavy atom. The number of aromatic carboxylic acids is 1. The number of aromatic nitrogens is 2. The number of anilines is 1. The fourth-order valence-corrected chi connectivity index (χ4v) is 2.16. The summed E-state index contributed by atoms with van der Waals surface area (Å²) in [6.45, 7) is 1.63. The van der Waals surface area contributed by atoms with Crippen LogP contribution in [-0.4, -0.2) is 35.0 Å². The molecule has 1 N–H and O–H groups in total. The van der Waals surface area contributed by atoms with Crippen LogP contribution in [0.2, 0.25) is 5.15 Å². The van der Waals surface area contributed by atoms with Crippen LogP contribution < -0.4 is 4.90 Å². The Hall–Kier alpha value is -2.01. The maximum Gasteiger partial charge on any atom is 0.340 e. The monoisotopic (exact) mass is 279 g/mol. The predicted octanol–water partition coefficient (Wildman–Crippen LogP) is 2.60. The van der Waals surface area contributed by atoms with Crippen molar-refractivity contribution in [3.8, 4) is 5.69 Å². The first kappa shape index (κ1) is 13.4. The average Bonchev–Trinajstić information content (AvgIpc) is 2.65. The second-order valence-corrected chi connectivity index (χ2v) is 4.74. The van der Waals surface area contributed by atoms with Crippen molar-refractivity contribution in [1.29, 1.82) is 0 Å². The molecule has 0 spiro atoms. The number of carboxylic acids is 1. The molecule has 1 aromatic heterocycles. The fraction of sp³-hybridized carbons (Fsp3) is 0.231. The Kier molecular flexibility index (Phi) is 3.48. The number of rotatable bonds is 3. The highest BCUT2D eigenvalue weighted by molar-refractivity contribution is 6.32. The third-order valence-electron chi connectivity index (χ3n) is 2.83. The maximum atomic E-state index is 11.1. The highest BCUT2D eigenvalue weighted by Gasteiger charge is 2.20. The molecule has 0 saturated carbocycles. The topological polar surface area (TPSA) is 58.4 Å². The minimum Gasteiger partial charge on any atom is -0.478 e. The summed E-state index contributed by atoms with van der Waals surface area (Å²) >= 11 is 6.07. The number of benzene rings is 1. The number of carboxylic acid groups (broad SMARTS) is 1. The standard InChI is InChI=1S/C13H14ClN3O2/c1-8-11(13(18)19)12(14)17(15-8)10-6-4-9(5-7-10)16(2)3/h4-7H,1-3H3,(H,18,19). The van der Waals surface area contributed by atoms with Crippen molar-refractivity contribution in [2.24, 2.45) is 0 Å². The van der Waals surface area contributed by atoms with Crippen molar-refractivity contribution in [2.75, 3.05) is 19.0 Å². The highest BCUT2D eigenvalue weighted by Crippen LogP contribution is 2.24. The second kappa shape index (κ2) is 4.93. The molecule has 2 rings (SSSR count). The van der Waals surface area contributed by atoms with Crippen molar-refractivity contribution in [1.82, 2.24) is 9.78 Å². The van der Waals surface area contributed by atoms with Crippen molar-refractivity contribution < 1.29 is 9.90 Å². The van der Waals surface area contributed by atoms with Gasteiger partial charge >= 0.3 is 5.97 Å². The number of halogens is 1. The molecule has 2 aromatic rings.